The third-order valence-electron chi connectivity index (χ3n) is 10.7. The van der Waals surface area contributed by atoms with Gasteiger partial charge in [-0.15, -0.1) is 4.33 Å². The summed E-state index contributed by atoms with van der Waals surface area (Å²) in [7, 11) is 0. The van der Waals surface area contributed by atoms with E-state index in [9.17, 15) is 0 Å². The largest absolute Gasteiger partial charge is 0.399 e. The Morgan fingerprint density at radius 3 is 2.00 bits per heavy atom. The van der Waals surface area contributed by atoms with Crippen LogP contribution in [0.15, 0.2) is 90.5 Å². The molecule has 0 aliphatic heterocycles. The van der Waals surface area contributed by atoms with Crippen LogP contribution in [0.5, 0.6) is 5.75 Å². The van der Waals surface area contributed by atoms with E-state index < -0.39 is 0 Å². The van der Waals surface area contributed by atoms with Crippen molar-refractivity contribution in [2.45, 2.75) is 118 Å². The predicted octanol–water partition coefficient (Wildman–Crippen LogP) is 13.3. The second-order valence-corrected chi connectivity index (χ2v) is 14.9. The van der Waals surface area contributed by atoms with Crippen molar-refractivity contribution in [3.8, 4) is 5.75 Å². The van der Waals surface area contributed by atoms with Crippen molar-refractivity contribution in [1.82, 2.24) is 0 Å². The standard InChI is InChI=1S/C43H58O3S/c1-9-34(36-15-11-30(5)12-16-36)27-40(28-35(10-2)37-17-13-31(6)14-18-37)39-21-24-42(32(7)25-39)33(8)26-43(29(3)4)38-19-22-41(23-20-38)45-47-46-44/h11-13,15-25,29,31,33-35,40,43-44H,9-10,14,26-28H2,1-8H3. The van der Waals surface area contributed by atoms with E-state index in [1.807, 2.05) is 12.1 Å². The van der Waals surface area contributed by atoms with Crippen molar-refractivity contribution >= 4 is 12.3 Å². The van der Waals surface area contributed by atoms with Crippen LogP contribution in [0.2, 0.25) is 0 Å². The Bertz CT molecular complexity index is 1440. The van der Waals surface area contributed by atoms with Gasteiger partial charge < -0.3 is 4.18 Å². The van der Waals surface area contributed by atoms with Crippen LogP contribution < -0.4 is 4.18 Å². The number of hydrogen-bond acceptors (Lipinski definition) is 4. The molecule has 6 unspecified atom stereocenters. The monoisotopic (exact) mass is 654 g/mol. The molecule has 3 nitrogen and oxygen atoms in total. The highest BCUT2D eigenvalue weighted by atomic mass is 32.2. The number of hydrogen-bond donors (Lipinski definition) is 1. The second-order valence-electron chi connectivity index (χ2n) is 14.5. The minimum absolute atomic E-state index is 0.428. The van der Waals surface area contributed by atoms with Gasteiger partial charge in [-0.25, -0.2) is 5.26 Å². The summed E-state index contributed by atoms with van der Waals surface area (Å²) < 4.78 is 9.31. The van der Waals surface area contributed by atoms with Gasteiger partial charge in [-0.2, -0.15) is 0 Å². The fourth-order valence-electron chi connectivity index (χ4n) is 7.65. The lowest BCUT2D eigenvalue weighted by atomic mass is 9.75. The van der Waals surface area contributed by atoms with Gasteiger partial charge in [-0.05, 0) is 139 Å². The van der Waals surface area contributed by atoms with Crippen molar-refractivity contribution in [2.24, 2.45) is 17.8 Å². The molecule has 0 heterocycles. The van der Waals surface area contributed by atoms with Crippen LogP contribution in [-0.2, 0) is 4.33 Å². The summed E-state index contributed by atoms with van der Waals surface area (Å²) in [5, 5.41) is 8.57. The fraction of sp³-hybridized carbons (Fsp3) is 0.488. The fourth-order valence-corrected chi connectivity index (χ4v) is 7.87. The molecule has 0 saturated heterocycles. The zero-order valence-corrected chi connectivity index (χ0v) is 30.9. The third kappa shape index (κ3) is 10.3. The van der Waals surface area contributed by atoms with E-state index in [4.69, 9.17) is 9.44 Å². The molecule has 0 bridgehead atoms. The summed E-state index contributed by atoms with van der Waals surface area (Å²) in [5.41, 5.74) is 10.0. The average Bonchev–Trinajstić information content (AvgIpc) is 3.07. The van der Waals surface area contributed by atoms with Gasteiger partial charge >= 0.3 is 0 Å². The van der Waals surface area contributed by atoms with Crippen LogP contribution in [0.4, 0.5) is 0 Å². The van der Waals surface area contributed by atoms with Crippen LogP contribution in [0.25, 0.3) is 0 Å². The molecule has 4 heteroatoms. The Morgan fingerprint density at radius 1 is 0.787 bits per heavy atom. The highest BCUT2D eigenvalue weighted by Gasteiger charge is 2.26. The molecular weight excluding hydrogens is 597 g/mol. The minimum Gasteiger partial charge on any atom is -0.399 e. The Balaban J connectivity index is 1.58. The van der Waals surface area contributed by atoms with Gasteiger partial charge in [0.05, 0.1) is 0 Å². The molecule has 1 aliphatic carbocycles. The number of rotatable bonds is 17. The van der Waals surface area contributed by atoms with Crippen LogP contribution in [0.1, 0.15) is 137 Å². The van der Waals surface area contributed by atoms with Crippen LogP contribution in [0.3, 0.4) is 0 Å². The summed E-state index contributed by atoms with van der Waals surface area (Å²) in [6.07, 6.45) is 14.3. The van der Waals surface area contributed by atoms with E-state index in [1.165, 1.54) is 52.6 Å². The Morgan fingerprint density at radius 2 is 1.43 bits per heavy atom. The van der Waals surface area contributed by atoms with Crippen molar-refractivity contribution in [2.75, 3.05) is 0 Å². The zero-order chi connectivity index (χ0) is 33.9. The first-order valence-corrected chi connectivity index (χ1v) is 18.6. The van der Waals surface area contributed by atoms with Gasteiger partial charge in [0.25, 0.3) is 12.3 Å². The molecule has 0 aromatic heterocycles. The molecule has 1 aliphatic rings. The molecule has 3 aromatic rings. The van der Waals surface area contributed by atoms with Gasteiger partial charge in [-0.3, -0.25) is 0 Å². The van der Waals surface area contributed by atoms with E-state index in [0.717, 1.165) is 19.3 Å². The summed E-state index contributed by atoms with van der Waals surface area (Å²) in [6, 6.07) is 24.9. The van der Waals surface area contributed by atoms with E-state index >= 15 is 0 Å². The minimum atomic E-state index is 0.428. The van der Waals surface area contributed by atoms with Crippen molar-refractivity contribution in [1.29, 1.82) is 0 Å². The molecule has 0 saturated carbocycles. The van der Waals surface area contributed by atoms with Crippen LogP contribution >= 0.6 is 12.3 Å². The maximum Gasteiger partial charge on any atom is 0.257 e. The normalized spacial score (nSPS) is 18.0. The average molecular weight is 655 g/mol. The Kier molecular flexibility index (Phi) is 14.3. The molecule has 0 radical (unpaired) electrons. The molecule has 0 fully saturated rings. The van der Waals surface area contributed by atoms with Crippen molar-refractivity contribution < 1.29 is 13.8 Å². The summed E-state index contributed by atoms with van der Waals surface area (Å²) in [4.78, 5) is 0. The SMILES string of the molecule is CCC(CC(CC(CC)c1ccc(C)cc1)c1ccc(C(C)CC(c2ccc(OSOO)cc2)C(C)C)c(C)c1)C1=CCC(C)C=C1. The van der Waals surface area contributed by atoms with Gasteiger partial charge in [-0.1, -0.05) is 120 Å². The molecule has 6 atom stereocenters. The van der Waals surface area contributed by atoms with E-state index in [-0.39, 0.29) is 0 Å². The molecule has 254 valence electrons. The van der Waals surface area contributed by atoms with Gasteiger partial charge in [0.1, 0.15) is 5.75 Å². The first-order valence-electron chi connectivity index (χ1n) is 17.9. The summed E-state index contributed by atoms with van der Waals surface area (Å²) in [5.74, 6) is 4.30. The summed E-state index contributed by atoms with van der Waals surface area (Å²) >= 11 is 0.559. The maximum atomic E-state index is 8.57. The molecule has 0 spiro atoms. The molecular formula is C43H58O3S. The van der Waals surface area contributed by atoms with E-state index in [2.05, 4.69) is 133 Å². The van der Waals surface area contributed by atoms with Gasteiger partial charge in [0.2, 0.25) is 0 Å². The maximum absolute atomic E-state index is 8.57. The topological polar surface area (TPSA) is 38.7 Å². The molecule has 4 rings (SSSR count). The highest BCUT2D eigenvalue weighted by Crippen LogP contribution is 2.42. The summed E-state index contributed by atoms with van der Waals surface area (Å²) in [6.45, 7) is 18.6. The van der Waals surface area contributed by atoms with Crippen LogP contribution in [-0.4, -0.2) is 5.26 Å². The quantitative estimate of drug-likeness (QED) is 0.0893. The van der Waals surface area contributed by atoms with Gasteiger partial charge in [0.15, 0.2) is 0 Å². The van der Waals surface area contributed by atoms with Crippen LogP contribution in [0, 0.1) is 31.6 Å². The third-order valence-corrected chi connectivity index (χ3v) is 11.0. The molecule has 3 aromatic carbocycles. The lowest BCUT2D eigenvalue weighted by Crippen LogP contribution is -2.15. The van der Waals surface area contributed by atoms with E-state index in [0.29, 0.717) is 59.5 Å². The first kappa shape index (κ1) is 37.0. The second kappa shape index (κ2) is 18.1. The lowest BCUT2D eigenvalue weighted by Gasteiger charge is -2.30. The molecule has 1 N–H and O–H groups in total. The van der Waals surface area contributed by atoms with Gasteiger partial charge in [0, 0.05) is 0 Å². The Labute approximate surface area is 290 Å². The van der Waals surface area contributed by atoms with Crippen molar-refractivity contribution in [3.05, 3.63) is 124 Å². The number of allylic oxidation sites excluding steroid dienone is 4. The highest BCUT2D eigenvalue weighted by molar-refractivity contribution is 7.90. The first-order chi connectivity index (χ1) is 22.6. The predicted molar refractivity (Wildman–Crippen MR) is 201 cm³/mol. The molecule has 0 amide bonds. The number of benzene rings is 3. The van der Waals surface area contributed by atoms with E-state index in [1.54, 1.807) is 5.57 Å². The molecule has 47 heavy (non-hydrogen) atoms. The zero-order valence-electron chi connectivity index (χ0n) is 30.0. The lowest BCUT2D eigenvalue weighted by molar-refractivity contribution is -0.121. The number of aryl methyl sites for hydroxylation is 2. The van der Waals surface area contributed by atoms with Crippen molar-refractivity contribution in [3.63, 3.8) is 0 Å². The smallest absolute Gasteiger partial charge is 0.257 e. The Hall–Kier alpha value is -2.79.